The molecule has 1 aromatic carbocycles. The third kappa shape index (κ3) is 5.89. The van der Waals surface area contributed by atoms with E-state index in [0.29, 0.717) is 30.0 Å². The minimum absolute atomic E-state index is 0.583. The molecular weight excluding hydrogens is 310 g/mol. The first kappa shape index (κ1) is 18.4. The van der Waals surface area contributed by atoms with Gasteiger partial charge in [-0.05, 0) is 44.4 Å². The maximum atomic E-state index is 6.39. The summed E-state index contributed by atoms with van der Waals surface area (Å²) in [6.07, 6.45) is 9.39. The van der Waals surface area contributed by atoms with E-state index in [-0.39, 0.29) is 0 Å². The van der Waals surface area contributed by atoms with Crippen molar-refractivity contribution in [1.29, 1.82) is 0 Å². The van der Waals surface area contributed by atoms with Gasteiger partial charge in [0.1, 0.15) is 0 Å². The van der Waals surface area contributed by atoms with Crippen LogP contribution in [-0.2, 0) is 6.54 Å². The molecule has 0 saturated heterocycles. The quantitative estimate of drug-likeness (QED) is 0.727. The first-order chi connectivity index (χ1) is 11.2. The molecule has 1 N–H and O–H groups in total. The molecule has 2 rings (SSSR count). The van der Waals surface area contributed by atoms with Gasteiger partial charge < -0.3 is 14.8 Å². The van der Waals surface area contributed by atoms with Gasteiger partial charge in [-0.2, -0.15) is 0 Å². The van der Waals surface area contributed by atoms with Gasteiger partial charge in [-0.25, -0.2) is 0 Å². The van der Waals surface area contributed by atoms with Crippen LogP contribution >= 0.6 is 11.6 Å². The van der Waals surface area contributed by atoms with Gasteiger partial charge in [0.2, 0.25) is 0 Å². The summed E-state index contributed by atoms with van der Waals surface area (Å²) >= 11 is 6.39. The van der Waals surface area contributed by atoms with Gasteiger partial charge in [0, 0.05) is 12.6 Å². The van der Waals surface area contributed by atoms with Gasteiger partial charge in [0.25, 0.3) is 0 Å². The lowest BCUT2D eigenvalue weighted by Gasteiger charge is -2.21. The number of hydrogen-bond donors (Lipinski definition) is 1. The second-order valence-electron chi connectivity index (χ2n) is 6.19. The van der Waals surface area contributed by atoms with Crippen LogP contribution in [0.4, 0.5) is 0 Å². The van der Waals surface area contributed by atoms with E-state index in [1.165, 1.54) is 44.9 Å². The zero-order valence-corrected chi connectivity index (χ0v) is 15.3. The van der Waals surface area contributed by atoms with E-state index in [0.717, 1.165) is 17.9 Å². The summed E-state index contributed by atoms with van der Waals surface area (Å²) in [6, 6.07) is 4.66. The highest BCUT2D eigenvalue weighted by atomic mass is 35.5. The average Bonchev–Trinajstić information content (AvgIpc) is 2.50. The van der Waals surface area contributed by atoms with Crippen LogP contribution in [0.25, 0.3) is 0 Å². The fraction of sp³-hybridized carbons (Fsp3) is 0.684. The Labute approximate surface area is 145 Å². The molecule has 1 fully saturated rings. The van der Waals surface area contributed by atoms with Crippen LogP contribution < -0.4 is 14.8 Å². The molecule has 1 aromatic rings. The molecule has 0 amide bonds. The van der Waals surface area contributed by atoms with Crippen molar-refractivity contribution in [2.24, 2.45) is 0 Å². The summed E-state index contributed by atoms with van der Waals surface area (Å²) in [5.74, 6) is 1.40. The molecule has 3 nitrogen and oxygen atoms in total. The van der Waals surface area contributed by atoms with Crippen LogP contribution in [0.5, 0.6) is 11.5 Å². The van der Waals surface area contributed by atoms with E-state index in [2.05, 4.69) is 11.4 Å². The van der Waals surface area contributed by atoms with Crippen molar-refractivity contribution in [1.82, 2.24) is 5.32 Å². The fourth-order valence-corrected chi connectivity index (χ4v) is 3.48. The van der Waals surface area contributed by atoms with Gasteiger partial charge in [-0.15, -0.1) is 0 Å². The second-order valence-corrected chi connectivity index (χ2v) is 6.60. The molecule has 4 heteroatoms. The lowest BCUT2D eigenvalue weighted by atomic mass is 9.96. The van der Waals surface area contributed by atoms with Gasteiger partial charge in [-0.1, -0.05) is 43.7 Å². The Morgan fingerprint density at radius 3 is 2.30 bits per heavy atom. The molecule has 0 aromatic heterocycles. The predicted molar refractivity (Wildman–Crippen MR) is 96.7 cm³/mol. The molecule has 1 saturated carbocycles. The monoisotopic (exact) mass is 339 g/mol. The number of hydrogen-bond acceptors (Lipinski definition) is 3. The van der Waals surface area contributed by atoms with Gasteiger partial charge >= 0.3 is 0 Å². The Kier molecular flexibility index (Phi) is 8.04. The van der Waals surface area contributed by atoms with Crippen molar-refractivity contribution >= 4 is 11.6 Å². The SMILES string of the molecule is CCOc1cc(CNC2CCCCCCC2)cc(Cl)c1OCC. The standard InChI is InChI=1S/C19H30ClNO2/c1-3-22-18-13-15(12-17(20)19(18)23-4-2)14-21-16-10-8-6-5-7-9-11-16/h12-13,16,21H,3-11,14H2,1-2H3. The van der Waals surface area contributed by atoms with Crippen LogP contribution in [0.2, 0.25) is 5.02 Å². The first-order valence-electron chi connectivity index (χ1n) is 9.06. The Hall–Kier alpha value is -0.930. The van der Waals surface area contributed by atoms with Gasteiger partial charge in [-0.3, -0.25) is 0 Å². The van der Waals surface area contributed by atoms with Gasteiger partial charge in [0.05, 0.1) is 18.2 Å². The first-order valence-corrected chi connectivity index (χ1v) is 9.43. The van der Waals surface area contributed by atoms with Crippen molar-refractivity contribution in [3.63, 3.8) is 0 Å². The summed E-state index contributed by atoms with van der Waals surface area (Å²) in [6.45, 7) is 5.95. The van der Waals surface area contributed by atoms with E-state index < -0.39 is 0 Å². The minimum Gasteiger partial charge on any atom is -0.490 e. The summed E-state index contributed by atoms with van der Waals surface area (Å²) < 4.78 is 11.3. The maximum Gasteiger partial charge on any atom is 0.179 e. The summed E-state index contributed by atoms with van der Waals surface area (Å²) in [5, 5.41) is 4.33. The molecule has 1 aliphatic rings. The third-order valence-electron chi connectivity index (χ3n) is 4.36. The largest absolute Gasteiger partial charge is 0.490 e. The summed E-state index contributed by atoms with van der Waals surface area (Å²) in [4.78, 5) is 0. The zero-order chi connectivity index (χ0) is 16.5. The molecule has 0 spiro atoms. The Morgan fingerprint density at radius 1 is 1.00 bits per heavy atom. The molecule has 23 heavy (non-hydrogen) atoms. The number of rotatable bonds is 7. The fourth-order valence-electron chi connectivity index (χ4n) is 3.19. The molecule has 130 valence electrons. The smallest absolute Gasteiger partial charge is 0.179 e. The number of benzene rings is 1. The predicted octanol–water partition coefficient (Wildman–Crippen LogP) is 5.34. The molecule has 0 unspecified atom stereocenters. The van der Waals surface area contributed by atoms with Crippen LogP contribution in [0.15, 0.2) is 12.1 Å². The Morgan fingerprint density at radius 2 is 1.65 bits per heavy atom. The van der Waals surface area contributed by atoms with Crippen molar-refractivity contribution < 1.29 is 9.47 Å². The van der Waals surface area contributed by atoms with Crippen LogP contribution in [0.1, 0.15) is 64.4 Å². The van der Waals surface area contributed by atoms with E-state index >= 15 is 0 Å². The lowest BCUT2D eigenvalue weighted by Crippen LogP contribution is -2.29. The van der Waals surface area contributed by atoms with E-state index in [4.69, 9.17) is 21.1 Å². The van der Waals surface area contributed by atoms with E-state index in [9.17, 15) is 0 Å². The Balaban J connectivity index is 2.00. The van der Waals surface area contributed by atoms with Gasteiger partial charge in [0.15, 0.2) is 11.5 Å². The van der Waals surface area contributed by atoms with Crippen LogP contribution in [0, 0.1) is 0 Å². The number of nitrogens with one attached hydrogen (secondary N) is 1. The number of halogens is 1. The molecule has 0 bridgehead atoms. The summed E-state index contributed by atoms with van der Waals surface area (Å²) in [7, 11) is 0. The number of ether oxygens (including phenoxy) is 2. The van der Waals surface area contributed by atoms with Crippen LogP contribution in [0.3, 0.4) is 0 Å². The topological polar surface area (TPSA) is 30.5 Å². The summed E-state index contributed by atoms with van der Waals surface area (Å²) in [5.41, 5.74) is 1.16. The van der Waals surface area contributed by atoms with Crippen molar-refractivity contribution in [3.8, 4) is 11.5 Å². The highest BCUT2D eigenvalue weighted by molar-refractivity contribution is 6.32. The van der Waals surface area contributed by atoms with Crippen molar-refractivity contribution in [2.75, 3.05) is 13.2 Å². The van der Waals surface area contributed by atoms with Crippen LogP contribution in [-0.4, -0.2) is 19.3 Å². The maximum absolute atomic E-state index is 6.39. The lowest BCUT2D eigenvalue weighted by molar-refractivity contribution is 0.287. The zero-order valence-electron chi connectivity index (χ0n) is 14.5. The van der Waals surface area contributed by atoms with Crippen molar-refractivity contribution in [3.05, 3.63) is 22.7 Å². The van der Waals surface area contributed by atoms with E-state index in [1.807, 2.05) is 19.9 Å². The molecule has 0 heterocycles. The Bertz CT molecular complexity index is 471. The van der Waals surface area contributed by atoms with Crippen molar-refractivity contribution in [2.45, 2.75) is 71.4 Å². The highest BCUT2D eigenvalue weighted by Crippen LogP contribution is 2.36. The minimum atomic E-state index is 0.583. The molecule has 0 aliphatic heterocycles. The average molecular weight is 340 g/mol. The van der Waals surface area contributed by atoms with E-state index in [1.54, 1.807) is 0 Å². The molecule has 0 atom stereocenters. The normalized spacial score (nSPS) is 16.7. The second kappa shape index (κ2) is 10.0. The molecule has 1 aliphatic carbocycles. The molecule has 0 radical (unpaired) electrons. The third-order valence-corrected chi connectivity index (χ3v) is 4.64. The highest BCUT2D eigenvalue weighted by Gasteiger charge is 2.14. The molecular formula is C19H30ClNO2.